The Labute approximate surface area is 65.6 Å². The highest BCUT2D eigenvalue weighted by Crippen LogP contribution is 2.19. The smallest absolute Gasteiger partial charge is 0.146 e. The molecule has 1 rings (SSSR count). The Morgan fingerprint density at radius 3 is 2.73 bits per heavy atom. The molecule has 0 aliphatic rings. The number of hydrogen-bond acceptors (Lipinski definition) is 1. The highest BCUT2D eigenvalue weighted by atomic mass is 19.1. The van der Waals surface area contributed by atoms with Crippen LogP contribution in [0.1, 0.15) is 5.56 Å². The summed E-state index contributed by atoms with van der Waals surface area (Å²) in [7, 11) is 1.69. The molecule has 1 aromatic carbocycles. The van der Waals surface area contributed by atoms with Crippen LogP contribution in [0.4, 0.5) is 10.1 Å². The van der Waals surface area contributed by atoms with Gasteiger partial charge in [0.05, 0.1) is 5.69 Å². The van der Waals surface area contributed by atoms with Crippen molar-refractivity contribution in [3.8, 4) is 0 Å². The maximum Gasteiger partial charge on any atom is 0.146 e. The largest absolute Gasteiger partial charge is 0.385 e. The number of rotatable bonds is 2. The highest BCUT2D eigenvalue weighted by molar-refractivity contribution is 5.65. The molecule has 1 nitrogen and oxygen atoms in total. The van der Waals surface area contributed by atoms with Gasteiger partial charge in [0.2, 0.25) is 0 Å². The zero-order chi connectivity index (χ0) is 8.27. The highest BCUT2D eigenvalue weighted by Gasteiger charge is 2.01. The number of nitrogens with one attached hydrogen (secondary N) is 1. The van der Waals surface area contributed by atoms with Crippen LogP contribution in [-0.4, -0.2) is 7.05 Å². The summed E-state index contributed by atoms with van der Waals surface area (Å²) in [5, 5.41) is 2.77. The Morgan fingerprint density at radius 1 is 1.55 bits per heavy atom. The monoisotopic (exact) mass is 151 g/mol. The molecule has 58 valence electrons. The van der Waals surface area contributed by atoms with Gasteiger partial charge in [-0.1, -0.05) is 24.8 Å². The number of para-hydroxylation sites is 1. The van der Waals surface area contributed by atoms with E-state index in [4.69, 9.17) is 0 Å². The fraction of sp³-hybridized carbons (Fsp3) is 0.111. The van der Waals surface area contributed by atoms with E-state index in [0.29, 0.717) is 5.69 Å². The molecular weight excluding hydrogens is 141 g/mol. The zero-order valence-corrected chi connectivity index (χ0v) is 6.39. The first-order valence-electron chi connectivity index (χ1n) is 3.38. The van der Waals surface area contributed by atoms with Gasteiger partial charge in [-0.15, -0.1) is 0 Å². The minimum atomic E-state index is -0.245. The molecule has 0 amide bonds. The van der Waals surface area contributed by atoms with E-state index in [2.05, 4.69) is 11.9 Å². The molecule has 0 saturated heterocycles. The molecule has 2 heteroatoms. The molecule has 1 aromatic rings. The fourth-order valence-electron chi connectivity index (χ4n) is 0.975. The van der Waals surface area contributed by atoms with Gasteiger partial charge in [0.25, 0.3) is 0 Å². The quantitative estimate of drug-likeness (QED) is 0.684. The summed E-state index contributed by atoms with van der Waals surface area (Å²) < 4.78 is 12.9. The lowest BCUT2D eigenvalue weighted by Crippen LogP contribution is -1.94. The van der Waals surface area contributed by atoms with Crippen LogP contribution in [0.3, 0.4) is 0 Å². The maximum absolute atomic E-state index is 12.9. The third-order valence-electron chi connectivity index (χ3n) is 1.52. The van der Waals surface area contributed by atoms with E-state index < -0.39 is 0 Å². The molecule has 0 aliphatic heterocycles. The van der Waals surface area contributed by atoms with Gasteiger partial charge in [0.1, 0.15) is 5.82 Å². The molecule has 0 unspecified atom stereocenters. The van der Waals surface area contributed by atoms with Gasteiger partial charge in [-0.25, -0.2) is 4.39 Å². The van der Waals surface area contributed by atoms with Crippen molar-refractivity contribution in [2.45, 2.75) is 0 Å². The normalized spacial score (nSPS) is 9.27. The third-order valence-corrected chi connectivity index (χ3v) is 1.52. The summed E-state index contributed by atoms with van der Waals surface area (Å²) in [6.07, 6.45) is 1.62. The van der Waals surface area contributed by atoms with E-state index in [9.17, 15) is 4.39 Å². The lowest BCUT2D eigenvalue weighted by Gasteiger charge is -2.04. The van der Waals surface area contributed by atoms with Crippen LogP contribution in [-0.2, 0) is 0 Å². The van der Waals surface area contributed by atoms with Crippen LogP contribution in [0.5, 0.6) is 0 Å². The standard InChI is InChI=1S/C9H10FN/c1-3-7-5-4-6-8(10)9(7)11-2/h3-6,11H,1H2,2H3. The van der Waals surface area contributed by atoms with Crippen LogP contribution in [0.15, 0.2) is 24.8 Å². The van der Waals surface area contributed by atoms with E-state index in [1.54, 1.807) is 19.2 Å². The van der Waals surface area contributed by atoms with Crippen molar-refractivity contribution in [1.29, 1.82) is 0 Å². The Morgan fingerprint density at radius 2 is 2.27 bits per heavy atom. The van der Waals surface area contributed by atoms with E-state index in [-0.39, 0.29) is 5.82 Å². The first kappa shape index (κ1) is 7.79. The molecule has 0 aromatic heterocycles. The second-order valence-corrected chi connectivity index (χ2v) is 2.16. The fourth-order valence-corrected chi connectivity index (χ4v) is 0.975. The van der Waals surface area contributed by atoms with Crippen LogP contribution in [0, 0.1) is 5.82 Å². The molecule has 0 radical (unpaired) electrons. The van der Waals surface area contributed by atoms with E-state index in [0.717, 1.165) is 5.56 Å². The second kappa shape index (κ2) is 3.19. The van der Waals surface area contributed by atoms with Gasteiger partial charge in [-0.2, -0.15) is 0 Å². The van der Waals surface area contributed by atoms with Crippen molar-refractivity contribution in [3.63, 3.8) is 0 Å². The Hall–Kier alpha value is -1.31. The van der Waals surface area contributed by atoms with Gasteiger partial charge in [-0.3, -0.25) is 0 Å². The van der Waals surface area contributed by atoms with Gasteiger partial charge in [0, 0.05) is 7.05 Å². The molecule has 0 saturated carbocycles. The molecular formula is C9H10FN. The summed E-state index contributed by atoms with van der Waals surface area (Å²) in [5.74, 6) is -0.245. The average Bonchev–Trinajstić information content (AvgIpc) is 2.04. The third kappa shape index (κ3) is 1.40. The topological polar surface area (TPSA) is 12.0 Å². The van der Waals surface area contributed by atoms with E-state index >= 15 is 0 Å². The van der Waals surface area contributed by atoms with Crippen molar-refractivity contribution in [2.75, 3.05) is 12.4 Å². The molecule has 0 bridgehead atoms. The number of benzene rings is 1. The number of hydrogen-bond donors (Lipinski definition) is 1. The molecule has 1 N–H and O–H groups in total. The Balaban J connectivity index is 3.23. The van der Waals surface area contributed by atoms with Gasteiger partial charge in [0.15, 0.2) is 0 Å². The summed E-state index contributed by atoms with van der Waals surface area (Å²) in [6, 6.07) is 4.88. The first-order valence-corrected chi connectivity index (χ1v) is 3.38. The van der Waals surface area contributed by atoms with Crippen LogP contribution >= 0.6 is 0 Å². The van der Waals surface area contributed by atoms with Gasteiger partial charge >= 0.3 is 0 Å². The summed E-state index contributed by atoms with van der Waals surface area (Å²) in [5.41, 5.74) is 1.29. The average molecular weight is 151 g/mol. The minimum absolute atomic E-state index is 0.245. The summed E-state index contributed by atoms with van der Waals surface area (Å²) in [4.78, 5) is 0. The maximum atomic E-state index is 12.9. The molecule has 0 aliphatic carbocycles. The lowest BCUT2D eigenvalue weighted by atomic mass is 10.1. The van der Waals surface area contributed by atoms with Gasteiger partial charge < -0.3 is 5.32 Å². The molecule has 11 heavy (non-hydrogen) atoms. The zero-order valence-electron chi connectivity index (χ0n) is 6.39. The number of anilines is 1. The van der Waals surface area contributed by atoms with Crippen LogP contribution in [0.25, 0.3) is 6.08 Å². The second-order valence-electron chi connectivity index (χ2n) is 2.16. The predicted molar refractivity (Wildman–Crippen MR) is 46.0 cm³/mol. The van der Waals surface area contributed by atoms with Crippen LogP contribution in [0.2, 0.25) is 0 Å². The van der Waals surface area contributed by atoms with Gasteiger partial charge in [-0.05, 0) is 11.6 Å². The van der Waals surface area contributed by atoms with E-state index in [1.165, 1.54) is 6.07 Å². The Kier molecular flexibility index (Phi) is 2.26. The Bertz CT molecular complexity index is 268. The van der Waals surface area contributed by atoms with E-state index in [1.807, 2.05) is 6.07 Å². The summed E-state index contributed by atoms with van der Waals surface area (Å²) in [6.45, 7) is 3.57. The van der Waals surface area contributed by atoms with Crippen molar-refractivity contribution < 1.29 is 4.39 Å². The summed E-state index contributed by atoms with van der Waals surface area (Å²) >= 11 is 0. The lowest BCUT2D eigenvalue weighted by molar-refractivity contribution is 0.631. The molecule has 0 spiro atoms. The van der Waals surface area contributed by atoms with Crippen molar-refractivity contribution in [1.82, 2.24) is 0 Å². The SMILES string of the molecule is C=Cc1cccc(F)c1NC. The van der Waals surface area contributed by atoms with Crippen molar-refractivity contribution >= 4 is 11.8 Å². The van der Waals surface area contributed by atoms with Crippen LogP contribution < -0.4 is 5.32 Å². The van der Waals surface area contributed by atoms with Crippen molar-refractivity contribution in [3.05, 3.63) is 36.2 Å². The first-order chi connectivity index (χ1) is 5.29. The predicted octanol–water partition coefficient (Wildman–Crippen LogP) is 2.51. The molecule has 0 heterocycles. The minimum Gasteiger partial charge on any atom is -0.385 e. The van der Waals surface area contributed by atoms with Crippen molar-refractivity contribution in [2.24, 2.45) is 0 Å². The molecule has 0 atom stereocenters. The molecule has 0 fully saturated rings. The number of halogens is 1.